The van der Waals surface area contributed by atoms with Gasteiger partial charge in [0.25, 0.3) is 0 Å². The molecule has 26 heavy (non-hydrogen) atoms. The molecule has 0 aliphatic rings. The third-order valence-electron chi connectivity index (χ3n) is 4.04. The highest BCUT2D eigenvalue weighted by Gasteiger charge is 2.14. The molecule has 0 aromatic heterocycles. The topological polar surface area (TPSA) is 70.6 Å². The van der Waals surface area contributed by atoms with Crippen LogP contribution in [0.5, 0.6) is 0 Å². The van der Waals surface area contributed by atoms with Crippen LogP contribution in [0.1, 0.15) is 16.7 Å². The van der Waals surface area contributed by atoms with Crippen LogP contribution in [0.25, 0.3) is 10.8 Å². The zero-order valence-corrected chi connectivity index (χ0v) is 14.6. The number of fused-ring (bicyclic) bond motifs is 1. The Morgan fingerprint density at radius 3 is 2.54 bits per heavy atom. The summed E-state index contributed by atoms with van der Waals surface area (Å²) in [7, 11) is 0. The molecule has 3 rings (SSSR count). The van der Waals surface area contributed by atoms with Crippen molar-refractivity contribution in [1.29, 1.82) is 0 Å². The first kappa shape index (κ1) is 17.4. The van der Waals surface area contributed by atoms with E-state index in [-0.39, 0.29) is 0 Å². The van der Waals surface area contributed by atoms with Crippen LogP contribution in [0.3, 0.4) is 0 Å². The second-order valence-electron chi connectivity index (χ2n) is 6.04. The lowest BCUT2D eigenvalue weighted by Gasteiger charge is -2.08. The average molecular weight is 345 g/mol. The normalized spacial score (nSPS) is 10.8. The van der Waals surface area contributed by atoms with Gasteiger partial charge < -0.3 is 5.32 Å². The molecule has 2 N–H and O–H groups in total. The van der Waals surface area contributed by atoms with Crippen LogP contribution >= 0.6 is 0 Å². The Labute approximate surface area is 151 Å². The summed E-state index contributed by atoms with van der Waals surface area (Å²) in [6.07, 6.45) is 1.53. The van der Waals surface area contributed by atoms with Crippen LogP contribution in [-0.4, -0.2) is 18.0 Å². The number of hydrogen-bond donors (Lipinski definition) is 2. The van der Waals surface area contributed by atoms with E-state index in [1.165, 1.54) is 6.21 Å². The highest BCUT2D eigenvalue weighted by molar-refractivity contribution is 6.39. The van der Waals surface area contributed by atoms with Gasteiger partial charge in [0.2, 0.25) is 0 Å². The number of aryl methyl sites for hydroxylation is 2. The lowest BCUT2D eigenvalue weighted by molar-refractivity contribution is -0.136. The highest BCUT2D eigenvalue weighted by Crippen LogP contribution is 2.17. The predicted molar refractivity (Wildman–Crippen MR) is 104 cm³/mol. The molecule has 0 aliphatic carbocycles. The minimum Gasteiger partial charge on any atom is -0.317 e. The van der Waals surface area contributed by atoms with Crippen molar-refractivity contribution in [3.63, 3.8) is 0 Å². The van der Waals surface area contributed by atoms with Crippen molar-refractivity contribution in [2.24, 2.45) is 5.10 Å². The first-order valence-electron chi connectivity index (χ1n) is 8.24. The third kappa shape index (κ3) is 3.95. The maximum atomic E-state index is 12.0. The van der Waals surface area contributed by atoms with Crippen LogP contribution < -0.4 is 10.7 Å². The molecule has 0 spiro atoms. The minimum absolute atomic E-state index is 0.614. The van der Waals surface area contributed by atoms with Gasteiger partial charge in [-0.15, -0.1) is 0 Å². The number of benzene rings is 3. The SMILES string of the molecule is Cc1ccc(C)c(NC(=O)C(=O)N/N=C\c2cccc3ccccc23)c1. The van der Waals surface area contributed by atoms with Crippen LogP contribution in [0.15, 0.2) is 65.8 Å². The standard InChI is InChI=1S/C21H19N3O2/c1-14-10-11-15(2)19(12-14)23-20(25)21(26)24-22-13-17-8-5-7-16-6-3-4-9-18(16)17/h3-13H,1-2H3,(H,23,25)(H,24,26)/b22-13-. The summed E-state index contributed by atoms with van der Waals surface area (Å²) in [5.74, 6) is -1.57. The zero-order valence-electron chi connectivity index (χ0n) is 14.6. The molecule has 0 heterocycles. The molecule has 0 aliphatic heterocycles. The van der Waals surface area contributed by atoms with E-state index in [0.29, 0.717) is 5.69 Å². The van der Waals surface area contributed by atoms with E-state index in [1.54, 1.807) is 0 Å². The van der Waals surface area contributed by atoms with Gasteiger partial charge in [-0.2, -0.15) is 5.10 Å². The second-order valence-corrected chi connectivity index (χ2v) is 6.04. The summed E-state index contributed by atoms with van der Waals surface area (Å²) >= 11 is 0. The number of carbonyl (C=O) groups is 2. The Hall–Kier alpha value is -3.47. The number of rotatable bonds is 3. The summed E-state index contributed by atoms with van der Waals surface area (Å²) in [6, 6.07) is 19.4. The Morgan fingerprint density at radius 1 is 0.923 bits per heavy atom. The van der Waals surface area contributed by atoms with Crippen molar-refractivity contribution in [1.82, 2.24) is 5.43 Å². The van der Waals surface area contributed by atoms with Crippen molar-refractivity contribution >= 4 is 34.5 Å². The van der Waals surface area contributed by atoms with E-state index in [2.05, 4.69) is 15.8 Å². The Kier molecular flexibility index (Phi) is 5.08. The number of anilines is 1. The van der Waals surface area contributed by atoms with Crippen LogP contribution in [0.4, 0.5) is 5.69 Å². The molecule has 0 saturated heterocycles. The Balaban J connectivity index is 1.67. The van der Waals surface area contributed by atoms with Crippen LogP contribution in [0.2, 0.25) is 0 Å². The summed E-state index contributed by atoms with van der Waals surface area (Å²) in [6.45, 7) is 3.79. The van der Waals surface area contributed by atoms with Crippen molar-refractivity contribution in [2.75, 3.05) is 5.32 Å². The first-order chi connectivity index (χ1) is 12.5. The number of nitrogens with zero attached hydrogens (tertiary/aromatic N) is 1. The van der Waals surface area contributed by atoms with Gasteiger partial charge in [0.15, 0.2) is 0 Å². The monoisotopic (exact) mass is 345 g/mol. The number of amides is 2. The molecule has 3 aromatic rings. The molecule has 3 aromatic carbocycles. The largest absolute Gasteiger partial charge is 0.329 e. The smallest absolute Gasteiger partial charge is 0.317 e. The van der Waals surface area contributed by atoms with E-state index >= 15 is 0 Å². The fourth-order valence-electron chi connectivity index (χ4n) is 2.62. The van der Waals surface area contributed by atoms with E-state index in [4.69, 9.17) is 0 Å². The number of nitrogens with one attached hydrogen (secondary N) is 2. The Morgan fingerprint density at radius 2 is 1.69 bits per heavy atom. The van der Waals surface area contributed by atoms with Crippen LogP contribution in [-0.2, 0) is 9.59 Å². The van der Waals surface area contributed by atoms with Crippen molar-refractivity contribution in [3.8, 4) is 0 Å². The average Bonchev–Trinajstić information content (AvgIpc) is 2.64. The molecule has 5 heteroatoms. The number of hydrogen-bond acceptors (Lipinski definition) is 3. The van der Waals surface area contributed by atoms with E-state index in [9.17, 15) is 9.59 Å². The molecule has 0 saturated carbocycles. The van der Waals surface area contributed by atoms with Crippen molar-refractivity contribution in [2.45, 2.75) is 13.8 Å². The molecule has 2 amide bonds. The van der Waals surface area contributed by atoms with Gasteiger partial charge >= 0.3 is 11.8 Å². The van der Waals surface area contributed by atoms with E-state index in [1.807, 2.05) is 74.5 Å². The van der Waals surface area contributed by atoms with Gasteiger partial charge in [-0.25, -0.2) is 5.43 Å². The van der Waals surface area contributed by atoms with Gasteiger partial charge in [-0.1, -0.05) is 54.6 Å². The van der Waals surface area contributed by atoms with Gasteiger partial charge in [-0.05, 0) is 41.8 Å². The number of hydrazone groups is 1. The molecular weight excluding hydrogens is 326 g/mol. The van der Waals surface area contributed by atoms with E-state index in [0.717, 1.165) is 27.5 Å². The lowest BCUT2D eigenvalue weighted by Crippen LogP contribution is -2.32. The molecule has 5 nitrogen and oxygen atoms in total. The molecule has 0 fully saturated rings. The number of carbonyl (C=O) groups excluding carboxylic acids is 2. The van der Waals surface area contributed by atoms with Crippen molar-refractivity contribution in [3.05, 3.63) is 77.4 Å². The van der Waals surface area contributed by atoms with Gasteiger partial charge in [0.1, 0.15) is 0 Å². The fraction of sp³-hybridized carbons (Fsp3) is 0.0952. The molecule has 0 bridgehead atoms. The summed E-state index contributed by atoms with van der Waals surface area (Å²) in [4.78, 5) is 24.0. The second kappa shape index (κ2) is 7.61. The maximum absolute atomic E-state index is 12.0. The summed E-state index contributed by atoms with van der Waals surface area (Å²) in [5.41, 5.74) is 5.63. The molecule has 0 atom stereocenters. The van der Waals surface area contributed by atoms with Crippen LogP contribution in [0, 0.1) is 13.8 Å². The third-order valence-corrected chi connectivity index (χ3v) is 4.04. The van der Waals surface area contributed by atoms with Gasteiger partial charge in [0, 0.05) is 11.3 Å². The van der Waals surface area contributed by atoms with Gasteiger partial charge in [-0.3, -0.25) is 9.59 Å². The summed E-state index contributed by atoms with van der Waals surface area (Å²) in [5, 5.41) is 8.61. The van der Waals surface area contributed by atoms with E-state index < -0.39 is 11.8 Å². The first-order valence-corrected chi connectivity index (χ1v) is 8.24. The highest BCUT2D eigenvalue weighted by atomic mass is 16.2. The predicted octanol–water partition coefficient (Wildman–Crippen LogP) is 3.55. The van der Waals surface area contributed by atoms with Crippen molar-refractivity contribution < 1.29 is 9.59 Å². The minimum atomic E-state index is -0.817. The quantitative estimate of drug-likeness (QED) is 0.433. The molecule has 0 unspecified atom stereocenters. The lowest BCUT2D eigenvalue weighted by atomic mass is 10.1. The molecule has 0 radical (unpaired) electrons. The Bertz CT molecular complexity index is 1000. The molecular formula is C21H19N3O2. The fourth-order valence-corrected chi connectivity index (χ4v) is 2.62. The van der Waals surface area contributed by atoms with Gasteiger partial charge in [0.05, 0.1) is 6.21 Å². The molecule has 130 valence electrons. The zero-order chi connectivity index (χ0) is 18.5. The maximum Gasteiger partial charge on any atom is 0.329 e. The summed E-state index contributed by atoms with van der Waals surface area (Å²) < 4.78 is 0.